The van der Waals surface area contributed by atoms with Gasteiger partial charge in [-0.15, -0.1) is 0 Å². The molecule has 0 aliphatic carbocycles. The summed E-state index contributed by atoms with van der Waals surface area (Å²) in [5.74, 6) is 0.992. The van der Waals surface area contributed by atoms with E-state index in [4.69, 9.17) is 15.9 Å². The van der Waals surface area contributed by atoms with Crippen molar-refractivity contribution in [1.82, 2.24) is 19.9 Å². The van der Waals surface area contributed by atoms with Gasteiger partial charge in [0, 0.05) is 16.5 Å². The normalized spacial score (nSPS) is 15.9. The number of nitrogens with one attached hydrogen (secondary N) is 1. The van der Waals surface area contributed by atoms with Crippen LogP contribution in [-0.2, 0) is 0 Å². The molecule has 0 spiro atoms. The van der Waals surface area contributed by atoms with Gasteiger partial charge >= 0.3 is 0 Å². The van der Waals surface area contributed by atoms with Gasteiger partial charge in [0.15, 0.2) is 5.65 Å². The number of benzene rings is 1. The third-order valence-electron chi connectivity index (χ3n) is 4.91. The molecule has 0 saturated carbocycles. The predicted octanol–water partition coefficient (Wildman–Crippen LogP) is 2.75. The van der Waals surface area contributed by atoms with Crippen LogP contribution in [0.4, 0.5) is 11.8 Å². The number of aromatic nitrogens is 3. The largest absolute Gasteiger partial charge is 0.383 e. The first-order valence-corrected chi connectivity index (χ1v) is 9.87. The van der Waals surface area contributed by atoms with E-state index in [0.717, 1.165) is 47.5 Å². The molecule has 1 aliphatic heterocycles. The lowest BCUT2D eigenvalue weighted by Gasteiger charge is -2.29. The summed E-state index contributed by atoms with van der Waals surface area (Å²) in [4.78, 5) is 17.1. The summed E-state index contributed by atoms with van der Waals surface area (Å²) in [6.07, 6.45) is 2.13. The molecule has 0 bridgehead atoms. The molecular formula is C19H23N7S. The van der Waals surface area contributed by atoms with E-state index in [2.05, 4.69) is 27.2 Å². The number of pyridine rings is 1. The molecule has 1 aliphatic rings. The molecule has 1 fully saturated rings. The van der Waals surface area contributed by atoms with Crippen LogP contribution in [0.25, 0.3) is 22.3 Å². The number of likely N-dealkylation sites (tertiary alicyclic amines) is 1. The Morgan fingerprint density at radius 3 is 2.70 bits per heavy atom. The maximum Gasteiger partial charge on any atom is 0.226 e. The molecule has 140 valence electrons. The summed E-state index contributed by atoms with van der Waals surface area (Å²) >= 11 is 1.22. The maximum absolute atomic E-state index is 6.16. The highest BCUT2D eigenvalue weighted by molar-refractivity contribution is 7.97. The summed E-state index contributed by atoms with van der Waals surface area (Å²) < 4.78 is 0. The topological polar surface area (TPSA) is 106 Å². The van der Waals surface area contributed by atoms with Crippen molar-refractivity contribution >= 4 is 34.7 Å². The fourth-order valence-corrected chi connectivity index (χ4v) is 3.67. The van der Waals surface area contributed by atoms with Crippen molar-refractivity contribution in [2.75, 3.05) is 31.2 Å². The molecule has 3 heterocycles. The first-order chi connectivity index (χ1) is 13.1. The van der Waals surface area contributed by atoms with E-state index in [1.165, 1.54) is 11.9 Å². The van der Waals surface area contributed by atoms with Crippen LogP contribution in [0.1, 0.15) is 12.8 Å². The molecule has 0 atom stereocenters. The van der Waals surface area contributed by atoms with Crippen LogP contribution < -0.4 is 16.2 Å². The molecule has 0 amide bonds. The Balaban J connectivity index is 1.65. The molecule has 1 saturated heterocycles. The molecule has 3 aromatic rings. The van der Waals surface area contributed by atoms with Crippen molar-refractivity contribution in [2.45, 2.75) is 23.8 Å². The van der Waals surface area contributed by atoms with E-state index in [0.29, 0.717) is 23.5 Å². The van der Waals surface area contributed by atoms with Gasteiger partial charge < -0.3 is 16.0 Å². The third-order valence-corrected chi connectivity index (χ3v) is 5.43. The standard InChI is InChI=1S/C19H23N7S/c1-26-9-7-13(8-10-26)22-19-24-17(20)15-5-6-16(23-18(15)25-19)12-3-2-4-14(11-12)27-21/h2-6,11,13H,7-10,21H2,1H3,(H3,20,22,23,24,25). The second kappa shape index (κ2) is 7.67. The Kier molecular flexibility index (Phi) is 5.11. The van der Waals surface area contributed by atoms with E-state index in [1.807, 2.05) is 36.4 Å². The van der Waals surface area contributed by atoms with E-state index in [9.17, 15) is 0 Å². The Morgan fingerprint density at radius 1 is 1.11 bits per heavy atom. The van der Waals surface area contributed by atoms with E-state index in [-0.39, 0.29) is 0 Å². The summed E-state index contributed by atoms with van der Waals surface area (Å²) in [7, 11) is 2.14. The van der Waals surface area contributed by atoms with Crippen LogP contribution in [0.5, 0.6) is 0 Å². The molecule has 1 aromatic carbocycles. The second-order valence-corrected chi connectivity index (χ2v) is 7.57. The van der Waals surface area contributed by atoms with Crippen molar-refractivity contribution in [3.05, 3.63) is 36.4 Å². The van der Waals surface area contributed by atoms with E-state index in [1.54, 1.807) is 0 Å². The number of nitrogens with zero attached hydrogens (tertiary/aromatic N) is 4. The van der Waals surface area contributed by atoms with Crippen molar-refractivity contribution in [3.8, 4) is 11.3 Å². The number of nitrogen functional groups attached to an aromatic ring is 1. The minimum atomic E-state index is 0.361. The quantitative estimate of drug-likeness (QED) is 0.592. The number of piperidine rings is 1. The second-order valence-electron chi connectivity index (χ2n) is 6.87. The molecular weight excluding hydrogens is 358 g/mol. The highest BCUT2D eigenvalue weighted by Crippen LogP contribution is 2.26. The maximum atomic E-state index is 6.16. The van der Waals surface area contributed by atoms with Crippen molar-refractivity contribution in [3.63, 3.8) is 0 Å². The predicted molar refractivity (Wildman–Crippen MR) is 111 cm³/mol. The van der Waals surface area contributed by atoms with Gasteiger partial charge in [-0.05, 0) is 69.2 Å². The molecule has 4 rings (SSSR count). The van der Waals surface area contributed by atoms with Gasteiger partial charge in [-0.1, -0.05) is 12.1 Å². The Morgan fingerprint density at radius 2 is 1.93 bits per heavy atom. The number of anilines is 2. The molecule has 5 N–H and O–H groups in total. The van der Waals surface area contributed by atoms with Crippen molar-refractivity contribution in [1.29, 1.82) is 0 Å². The Hall–Kier alpha value is -2.42. The minimum Gasteiger partial charge on any atom is -0.383 e. The van der Waals surface area contributed by atoms with Crippen LogP contribution in [0.3, 0.4) is 0 Å². The minimum absolute atomic E-state index is 0.361. The third kappa shape index (κ3) is 3.97. The van der Waals surface area contributed by atoms with Crippen LogP contribution in [0.2, 0.25) is 0 Å². The zero-order valence-electron chi connectivity index (χ0n) is 15.2. The van der Waals surface area contributed by atoms with Gasteiger partial charge in [-0.25, -0.2) is 4.98 Å². The molecule has 2 aromatic heterocycles. The fourth-order valence-electron chi connectivity index (χ4n) is 3.32. The number of fused-ring (bicyclic) bond motifs is 1. The van der Waals surface area contributed by atoms with Crippen LogP contribution in [0, 0.1) is 0 Å². The molecule has 8 heteroatoms. The monoisotopic (exact) mass is 381 g/mol. The van der Waals surface area contributed by atoms with Crippen LogP contribution >= 0.6 is 11.9 Å². The molecule has 0 radical (unpaired) electrons. The lowest BCUT2D eigenvalue weighted by Crippen LogP contribution is -2.37. The summed E-state index contributed by atoms with van der Waals surface area (Å²) in [5.41, 5.74) is 8.59. The van der Waals surface area contributed by atoms with E-state index >= 15 is 0 Å². The number of hydrogen-bond donors (Lipinski definition) is 3. The number of hydrogen-bond acceptors (Lipinski definition) is 8. The van der Waals surface area contributed by atoms with Crippen molar-refractivity contribution in [2.24, 2.45) is 5.14 Å². The molecule has 0 unspecified atom stereocenters. The zero-order chi connectivity index (χ0) is 18.8. The average molecular weight is 382 g/mol. The smallest absolute Gasteiger partial charge is 0.226 e. The summed E-state index contributed by atoms with van der Waals surface area (Å²) in [5, 5.41) is 9.86. The Bertz CT molecular complexity index is 954. The molecule has 27 heavy (non-hydrogen) atoms. The Labute approximate surface area is 162 Å². The van der Waals surface area contributed by atoms with E-state index < -0.39 is 0 Å². The van der Waals surface area contributed by atoms with Gasteiger partial charge in [0.1, 0.15) is 5.82 Å². The summed E-state index contributed by atoms with van der Waals surface area (Å²) in [6.45, 7) is 2.14. The lowest BCUT2D eigenvalue weighted by atomic mass is 10.1. The van der Waals surface area contributed by atoms with Gasteiger partial charge in [-0.3, -0.25) is 5.14 Å². The number of nitrogens with two attached hydrogens (primary N) is 2. The van der Waals surface area contributed by atoms with Gasteiger partial charge in [0.2, 0.25) is 5.95 Å². The number of rotatable bonds is 4. The fraction of sp³-hybridized carbons (Fsp3) is 0.316. The van der Waals surface area contributed by atoms with Gasteiger partial charge in [0.05, 0.1) is 11.1 Å². The zero-order valence-corrected chi connectivity index (χ0v) is 16.0. The summed E-state index contributed by atoms with van der Waals surface area (Å²) in [6, 6.07) is 12.2. The average Bonchev–Trinajstić information content (AvgIpc) is 2.69. The van der Waals surface area contributed by atoms with Crippen LogP contribution in [-0.4, -0.2) is 46.0 Å². The van der Waals surface area contributed by atoms with Gasteiger partial charge in [-0.2, -0.15) is 9.97 Å². The first-order valence-electron chi connectivity index (χ1n) is 8.99. The van der Waals surface area contributed by atoms with Gasteiger partial charge in [0.25, 0.3) is 0 Å². The highest BCUT2D eigenvalue weighted by atomic mass is 32.2. The molecule has 7 nitrogen and oxygen atoms in total. The SMILES string of the molecule is CN1CCC(Nc2nc(N)c3ccc(-c4cccc(SN)c4)nc3n2)CC1. The lowest BCUT2D eigenvalue weighted by molar-refractivity contribution is 0.263. The highest BCUT2D eigenvalue weighted by Gasteiger charge is 2.18. The van der Waals surface area contributed by atoms with Crippen molar-refractivity contribution < 1.29 is 0 Å². The first kappa shape index (κ1) is 18.0. The van der Waals surface area contributed by atoms with Crippen LogP contribution in [0.15, 0.2) is 41.3 Å².